The first-order valence-electron chi connectivity index (χ1n) is 18.9. The van der Waals surface area contributed by atoms with Gasteiger partial charge in [-0.2, -0.15) is 0 Å². The van der Waals surface area contributed by atoms with Crippen molar-refractivity contribution in [2.24, 2.45) is 0 Å². The Bertz CT molecular complexity index is 2830. The van der Waals surface area contributed by atoms with Crippen molar-refractivity contribution in [3.05, 3.63) is 211 Å². The normalized spacial score (nSPS) is 12.8. The summed E-state index contributed by atoms with van der Waals surface area (Å²) in [6.45, 7) is 4.72. The molecule has 0 amide bonds. The third-order valence-corrected chi connectivity index (χ3v) is 11.5. The molecule has 1 heteroatoms. The second kappa shape index (κ2) is 12.8. The minimum atomic E-state index is -0.124. The fourth-order valence-electron chi connectivity index (χ4n) is 8.81. The Kier molecular flexibility index (Phi) is 7.56. The number of nitrogens with zero attached hydrogens (tertiary/aromatic N) is 1. The van der Waals surface area contributed by atoms with Crippen molar-refractivity contribution in [2.45, 2.75) is 19.3 Å². The Morgan fingerprint density at radius 1 is 0.352 bits per heavy atom. The van der Waals surface area contributed by atoms with Crippen molar-refractivity contribution >= 4 is 38.6 Å². The molecule has 0 spiro atoms. The molecule has 0 unspecified atom stereocenters. The lowest BCUT2D eigenvalue weighted by Crippen LogP contribution is -2.16. The van der Waals surface area contributed by atoms with E-state index in [1.807, 2.05) is 0 Å². The lowest BCUT2D eigenvalue weighted by molar-refractivity contribution is 0.660. The van der Waals surface area contributed by atoms with Gasteiger partial charge in [-0.1, -0.05) is 184 Å². The highest BCUT2D eigenvalue weighted by Gasteiger charge is 2.38. The van der Waals surface area contributed by atoms with Crippen molar-refractivity contribution in [1.29, 1.82) is 0 Å². The zero-order chi connectivity index (χ0) is 36.2. The van der Waals surface area contributed by atoms with Crippen molar-refractivity contribution in [3.8, 4) is 44.5 Å². The van der Waals surface area contributed by atoms with E-state index in [2.05, 4.69) is 219 Å². The number of benzene rings is 9. The summed E-state index contributed by atoms with van der Waals surface area (Å²) in [5, 5.41) is 4.98. The molecule has 0 heterocycles. The van der Waals surface area contributed by atoms with Gasteiger partial charge in [0.15, 0.2) is 0 Å². The second-order valence-corrected chi connectivity index (χ2v) is 14.9. The molecule has 0 fully saturated rings. The summed E-state index contributed by atoms with van der Waals surface area (Å²) in [4.78, 5) is 2.51. The largest absolute Gasteiger partial charge is 0.309 e. The molecule has 0 aliphatic heterocycles. The Balaban J connectivity index is 1.25. The number of hydrogen-bond donors (Lipinski definition) is 0. The van der Waals surface area contributed by atoms with Crippen LogP contribution in [-0.2, 0) is 5.41 Å². The van der Waals surface area contributed by atoms with E-state index in [-0.39, 0.29) is 5.41 Å². The first-order valence-corrected chi connectivity index (χ1v) is 18.9. The van der Waals surface area contributed by atoms with E-state index in [0.29, 0.717) is 0 Å². The van der Waals surface area contributed by atoms with E-state index in [1.165, 1.54) is 82.9 Å². The summed E-state index contributed by atoms with van der Waals surface area (Å²) >= 11 is 0. The van der Waals surface area contributed by atoms with Gasteiger partial charge in [0, 0.05) is 22.2 Å². The maximum atomic E-state index is 2.51. The van der Waals surface area contributed by atoms with Crippen LogP contribution in [0, 0.1) is 0 Å². The van der Waals surface area contributed by atoms with Crippen LogP contribution in [0.2, 0.25) is 0 Å². The smallest absolute Gasteiger partial charge is 0.0543 e. The summed E-state index contributed by atoms with van der Waals surface area (Å²) < 4.78 is 0. The first-order chi connectivity index (χ1) is 26.6. The lowest BCUT2D eigenvalue weighted by Gasteiger charge is -2.31. The Hall–Kier alpha value is -6.70. The second-order valence-electron chi connectivity index (χ2n) is 14.9. The average molecular weight is 690 g/mol. The minimum absolute atomic E-state index is 0.124. The van der Waals surface area contributed by atoms with E-state index >= 15 is 0 Å². The number of hydrogen-bond acceptors (Lipinski definition) is 1. The molecule has 1 aliphatic carbocycles. The van der Waals surface area contributed by atoms with Crippen LogP contribution in [0.1, 0.15) is 25.0 Å². The molecule has 0 N–H and O–H groups in total. The molecule has 54 heavy (non-hydrogen) atoms. The number of anilines is 3. The summed E-state index contributed by atoms with van der Waals surface area (Å²) in [5.74, 6) is 0. The van der Waals surface area contributed by atoms with E-state index < -0.39 is 0 Å². The molecule has 9 aromatic carbocycles. The highest BCUT2D eigenvalue weighted by Crippen LogP contribution is 2.55. The van der Waals surface area contributed by atoms with Crippen LogP contribution >= 0.6 is 0 Å². The number of fused-ring (bicyclic) bond motifs is 5. The van der Waals surface area contributed by atoms with Gasteiger partial charge in [0.1, 0.15) is 0 Å². The minimum Gasteiger partial charge on any atom is -0.309 e. The van der Waals surface area contributed by atoms with Crippen LogP contribution in [0.15, 0.2) is 200 Å². The summed E-state index contributed by atoms with van der Waals surface area (Å²) in [6.07, 6.45) is 0. The van der Waals surface area contributed by atoms with Gasteiger partial charge in [-0.3, -0.25) is 0 Å². The van der Waals surface area contributed by atoms with Gasteiger partial charge >= 0.3 is 0 Å². The van der Waals surface area contributed by atoms with Crippen molar-refractivity contribution in [3.63, 3.8) is 0 Å². The van der Waals surface area contributed by atoms with Crippen molar-refractivity contribution in [1.82, 2.24) is 0 Å². The Morgan fingerprint density at radius 2 is 0.907 bits per heavy atom. The van der Waals surface area contributed by atoms with Crippen LogP contribution in [0.5, 0.6) is 0 Å². The molecule has 1 nitrogen and oxygen atoms in total. The van der Waals surface area contributed by atoms with E-state index in [1.54, 1.807) is 0 Å². The zero-order valence-electron chi connectivity index (χ0n) is 30.5. The summed E-state index contributed by atoms with van der Waals surface area (Å²) in [7, 11) is 0. The summed E-state index contributed by atoms with van der Waals surface area (Å²) in [6, 6.07) is 73.5. The third kappa shape index (κ3) is 5.16. The van der Waals surface area contributed by atoms with Gasteiger partial charge in [-0.15, -0.1) is 0 Å². The molecular formula is C53H39N. The van der Waals surface area contributed by atoms with Crippen LogP contribution < -0.4 is 4.90 Å². The van der Waals surface area contributed by atoms with Gasteiger partial charge in [-0.25, -0.2) is 0 Å². The lowest BCUT2D eigenvalue weighted by atomic mass is 9.82. The average Bonchev–Trinajstić information content (AvgIpc) is 3.47. The maximum absolute atomic E-state index is 2.51. The zero-order valence-corrected chi connectivity index (χ0v) is 30.5. The summed E-state index contributed by atoms with van der Waals surface area (Å²) in [5.41, 5.74) is 15.9. The van der Waals surface area contributed by atoms with Gasteiger partial charge in [-0.05, 0) is 96.4 Å². The SMILES string of the molecule is CC1(C)c2ccccc2-c2c(N(c3ccc(-c4cccc5ccccc45)cc3)c3ccc(-c4ccccc4)cc3-c3cccc4ccccc34)cccc21. The molecule has 0 saturated carbocycles. The molecule has 10 rings (SSSR count). The molecule has 1 aliphatic rings. The monoisotopic (exact) mass is 689 g/mol. The van der Waals surface area contributed by atoms with Crippen LogP contribution in [-0.4, -0.2) is 0 Å². The topological polar surface area (TPSA) is 3.24 Å². The molecular weight excluding hydrogens is 651 g/mol. The van der Waals surface area contributed by atoms with Gasteiger partial charge in [0.2, 0.25) is 0 Å². The molecule has 0 atom stereocenters. The quantitative estimate of drug-likeness (QED) is 0.168. The molecule has 0 saturated heterocycles. The molecule has 0 bridgehead atoms. The Morgan fingerprint density at radius 3 is 1.67 bits per heavy atom. The van der Waals surface area contributed by atoms with Crippen molar-refractivity contribution < 1.29 is 0 Å². The van der Waals surface area contributed by atoms with E-state index in [9.17, 15) is 0 Å². The fourth-order valence-corrected chi connectivity index (χ4v) is 8.81. The van der Waals surface area contributed by atoms with Gasteiger partial charge < -0.3 is 4.90 Å². The predicted molar refractivity (Wildman–Crippen MR) is 230 cm³/mol. The highest BCUT2D eigenvalue weighted by molar-refractivity contribution is 6.04. The van der Waals surface area contributed by atoms with E-state index in [0.717, 1.165) is 11.4 Å². The van der Waals surface area contributed by atoms with Crippen LogP contribution in [0.4, 0.5) is 17.1 Å². The fraction of sp³-hybridized carbons (Fsp3) is 0.0566. The molecule has 9 aromatic rings. The number of rotatable bonds is 6. The van der Waals surface area contributed by atoms with Crippen LogP contribution in [0.25, 0.3) is 66.1 Å². The third-order valence-electron chi connectivity index (χ3n) is 11.5. The molecule has 0 radical (unpaired) electrons. The molecule has 0 aromatic heterocycles. The van der Waals surface area contributed by atoms with Crippen LogP contribution in [0.3, 0.4) is 0 Å². The standard InChI is InChI=1S/C53H39N/c1-53(2)48-26-11-10-23-46(48)52-49(53)27-14-28-51(52)54(41-32-29-39(30-33-41)43-24-12-19-37-17-6-8-21-42(37)43)50-34-31-40(36-15-4-3-5-16-36)35-47(50)45-25-13-20-38-18-7-9-22-44(38)45/h3-35H,1-2H3. The van der Waals surface area contributed by atoms with E-state index in [4.69, 9.17) is 0 Å². The van der Waals surface area contributed by atoms with Gasteiger partial charge in [0.05, 0.1) is 11.4 Å². The van der Waals surface area contributed by atoms with Crippen molar-refractivity contribution in [2.75, 3.05) is 4.90 Å². The van der Waals surface area contributed by atoms with Gasteiger partial charge in [0.25, 0.3) is 0 Å². The first kappa shape index (κ1) is 32.0. The highest BCUT2D eigenvalue weighted by atomic mass is 15.1. The maximum Gasteiger partial charge on any atom is 0.0543 e. The predicted octanol–water partition coefficient (Wildman–Crippen LogP) is 14.8. The Labute approximate surface area is 317 Å². The molecule has 256 valence electrons.